The fourth-order valence-corrected chi connectivity index (χ4v) is 3.73. The maximum atomic E-state index is 12.2. The molecule has 22 heavy (non-hydrogen) atoms. The zero-order valence-corrected chi connectivity index (χ0v) is 14.6. The van der Waals surface area contributed by atoms with Crippen molar-refractivity contribution in [2.45, 2.75) is 38.8 Å². The second-order valence-electron chi connectivity index (χ2n) is 6.62. The molecule has 1 aromatic carbocycles. The number of thioether (sulfide) groups is 1. The summed E-state index contributed by atoms with van der Waals surface area (Å²) in [6.07, 6.45) is 2.93. The number of nitrogens with one attached hydrogen (secondary N) is 2. The van der Waals surface area contributed by atoms with E-state index in [0.29, 0.717) is 11.7 Å². The number of fused-ring (bicyclic) bond motifs is 1. The van der Waals surface area contributed by atoms with Gasteiger partial charge < -0.3 is 15.7 Å². The summed E-state index contributed by atoms with van der Waals surface area (Å²) in [6.45, 7) is 6.21. The van der Waals surface area contributed by atoms with Crippen molar-refractivity contribution in [3.8, 4) is 0 Å². The number of rotatable bonds is 5. The molecule has 0 fully saturated rings. The van der Waals surface area contributed by atoms with Crippen LogP contribution in [0.5, 0.6) is 0 Å². The lowest BCUT2D eigenvalue weighted by Gasteiger charge is -2.24. The number of carbonyl (C=O) groups excluding carboxylic acids is 1. The lowest BCUT2D eigenvalue weighted by atomic mass is 10.0. The zero-order valence-electron chi connectivity index (χ0n) is 13.8. The first-order valence-corrected chi connectivity index (χ1v) is 9.07. The van der Waals surface area contributed by atoms with Crippen LogP contribution in [0, 0.1) is 12.8 Å². The van der Waals surface area contributed by atoms with Crippen molar-refractivity contribution >= 4 is 17.8 Å². The van der Waals surface area contributed by atoms with Crippen LogP contribution in [-0.2, 0) is 6.42 Å². The molecule has 0 heterocycles. The van der Waals surface area contributed by atoms with Crippen molar-refractivity contribution < 1.29 is 9.90 Å². The summed E-state index contributed by atoms with van der Waals surface area (Å²) in [6, 6.07) is 6.26. The van der Waals surface area contributed by atoms with Crippen molar-refractivity contribution in [2.75, 3.05) is 18.6 Å². The van der Waals surface area contributed by atoms with Gasteiger partial charge in [0, 0.05) is 12.3 Å². The predicted octanol–water partition coefficient (Wildman–Crippen LogP) is 2.64. The van der Waals surface area contributed by atoms with Gasteiger partial charge in [0.15, 0.2) is 0 Å². The fraction of sp³-hybridized carbons (Fsp3) is 0.588. The van der Waals surface area contributed by atoms with Gasteiger partial charge in [0.2, 0.25) is 0 Å². The Morgan fingerprint density at radius 1 is 1.50 bits per heavy atom. The summed E-state index contributed by atoms with van der Waals surface area (Å²) >= 11 is 1.56. The van der Waals surface area contributed by atoms with E-state index in [9.17, 15) is 9.90 Å². The Balaban J connectivity index is 1.96. The first-order chi connectivity index (χ1) is 10.3. The Bertz CT molecular complexity index is 545. The Labute approximate surface area is 137 Å². The van der Waals surface area contributed by atoms with Gasteiger partial charge in [0.05, 0.1) is 11.6 Å². The molecular formula is C17H26N2O2S. The lowest BCUT2D eigenvalue weighted by Crippen LogP contribution is -2.47. The summed E-state index contributed by atoms with van der Waals surface area (Å²) in [5.74, 6) is 0.976. The van der Waals surface area contributed by atoms with Gasteiger partial charge in [-0.1, -0.05) is 30.7 Å². The Kier molecular flexibility index (Phi) is 5.40. The van der Waals surface area contributed by atoms with Crippen molar-refractivity contribution in [3.63, 3.8) is 0 Å². The molecule has 0 radical (unpaired) electrons. The third-order valence-electron chi connectivity index (χ3n) is 4.12. The van der Waals surface area contributed by atoms with Crippen molar-refractivity contribution in [3.05, 3.63) is 34.9 Å². The van der Waals surface area contributed by atoms with Gasteiger partial charge in [-0.2, -0.15) is 11.8 Å². The standard InChI is InChI=1S/C17H26N2O2S/c1-11-5-6-13-8-12(2)15(14(13)7-11)19-16(20)18-9-17(3,21)10-22-4/h5-7,12,15,21H,8-10H2,1-4H3,(H2,18,19,20). The number of aliphatic hydroxyl groups is 1. The van der Waals surface area contributed by atoms with E-state index >= 15 is 0 Å². The molecule has 1 aliphatic carbocycles. The number of benzene rings is 1. The van der Waals surface area contributed by atoms with E-state index in [1.807, 2.05) is 6.26 Å². The summed E-state index contributed by atoms with van der Waals surface area (Å²) in [7, 11) is 0. The Morgan fingerprint density at radius 3 is 2.91 bits per heavy atom. The van der Waals surface area contributed by atoms with Gasteiger partial charge in [-0.05, 0) is 43.6 Å². The maximum Gasteiger partial charge on any atom is 0.315 e. The fourth-order valence-electron chi connectivity index (χ4n) is 3.01. The summed E-state index contributed by atoms with van der Waals surface area (Å²) < 4.78 is 0. The highest BCUT2D eigenvalue weighted by Crippen LogP contribution is 2.36. The number of aryl methyl sites for hydroxylation is 1. The minimum Gasteiger partial charge on any atom is -0.387 e. The SMILES string of the molecule is CSCC(C)(O)CNC(=O)NC1c2cc(C)ccc2CC1C. The average molecular weight is 322 g/mol. The molecule has 2 rings (SSSR count). The molecule has 2 amide bonds. The molecule has 5 heteroatoms. The quantitative estimate of drug-likeness (QED) is 0.781. The average Bonchev–Trinajstić information content (AvgIpc) is 2.73. The monoisotopic (exact) mass is 322 g/mol. The number of urea groups is 1. The molecule has 0 aromatic heterocycles. The highest BCUT2D eigenvalue weighted by Gasteiger charge is 2.31. The van der Waals surface area contributed by atoms with Crippen LogP contribution in [0.3, 0.4) is 0 Å². The van der Waals surface area contributed by atoms with Crippen LogP contribution < -0.4 is 10.6 Å². The Hall–Kier alpha value is -1.20. The third-order valence-corrected chi connectivity index (χ3v) is 5.03. The smallest absolute Gasteiger partial charge is 0.315 e. The van der Waals surface area contributed by atoms with E-state index in [2.05, 4.69) is 42.7 Å². The second kappa shape index (κ2) is 6.92. The normalized spacial score (nSPS) is 22.8. The molecule has 0 aliphatic heterocycles. The first kappa shape index (κ1) is 17.2. The number of carbonyl (C=O) groups is 1. The van der Waals surface area contributed by atoms with Crippen molar-refractivity contribution in [1.29, 1.82) is 0 Å². The minimum atomic E-state index is -0.882. The van der Waals surface area contributed by atoms with Crippen LogP contribution in [-0.4, -0.2) is 35.3 Å². The van der Waals surface area contributed by atoms with Gasteiger partial charge in [0.25, 0.3) is 0 Å². The van der Waals surface area contributed by atoms with Gasteiger partial charge in [-0.25, -0.2) is 4.79 Å². The number of hydrogen-bond donors (Lipinski definition) is 3. The van der Waals surface area contributed by atoms with E-state index in [4.69, 9.17) is 0 Å². The molecule has 0 saturated carbocycles. The molecule has 4 nitrogen and oxygen atoms in total. The molecule has 1 aromatic rings. The topological polar surface area (TPSA) is 61.4 Å². The number of amides is 2. The molecular weight excluding hydrogens is 296 g/mol. The summed E-state index contributed by atoms with van der Waals surface area (Å²) in [4.78, 5) is 12.2. The van der Waals surface area contributed by atoms with Gasteiger partial charge in [0.1, 0.15) is 0 Å². The third kappa shape index (κ3) is 4.17. The van der Waals surface area contributed by atoms with Gasteiger partial charge in [-0.15, -0.1) is 0 Å². The van der Waals surface area contributed by atoms with Crippen molar-refractivity contribution in [1.82, 2.24) is 10.6 Å². The van der Waals surface area contributed by atoms with E-state index in [1.165, 1.54) is 16.7 Å². The second-order valence-corrected chi connectivity index (χ2v) is 7.48. The van der Waals surface area contributed by atoms with Crippen LogP contribution in [0.2, 0.25) is 0 Å². The molecule has 1 aliphatic rings. The molecule has 0 saturated heterocycles. The molecule has 3 atom stereocenters. The summed E-state index contributed by atoms with van der Waals surface area (Å²) in [5, 5.41) is 16.0. The Morgan fingerprint density at radius 2 is 2.23 bits per heavy atom. The van der Waals surface area contributed by atoms with E-state index in [0.717, 1.165) is 6.42 Å². The molecule has 0 bridgehead atoms. The van der Waals surface area contributed by atoms with Gasteiger partial charge >= 0.3 is 6.03 Å². The minimum absolute atomic E-state index is 0.0420. The van der Waals surface area contributed by atoms with Crippen LogP contribution in [0.25, 0.3) is 0 Å². The predicted molar refractivity (Wildman–Crippen MR) is 92.3 cm³/mol. The van der Waals surface area contributed by atoms with Crippen LogP contribution >= 0.6 is 11.8 Å². The van der Waals surface area contributed by atoms with Gasteiger partial charge in [-0.3, -0.25) is 0 Å². The molecule has 122 valence electrons. The highest BCUT2D eigenvalue weighted by atomic mass is 32.2. The summed E-state index contributed by atoms with van der Waals surface area (Å²) in [5.41, 5.74) is 2.87. The van der Waals surface area contributed by atoms with Crippen molar-refractivity contribution in [2.24, 2.45) is 5.92 Å². The van der Waals surface area contributed by atoms with Crippen LogP contribution in [0.1, 0.15) is 36.6 Å². The van der Waals surface area contributed by atoms with E-state index in [1.54, 1.807) is 18.7 Å². The first-order valence-electron chi connectivity index (χ1n) is 7.67. The van der Waals surface area contributed by atoms with E-state index < -0.39 is 5.60 Å². The lowest BCUT2D eigenvalue weighted by molar-refractivity contribution is 0.0867. The highest BCUT2D eigenvalue weighted by molar-refractivity contribution is 7.98. The molecule has 0 spiro atoms. The number of hydrogen-bond acceptors (Lipinski definition) is 3. The zero-order chi connectivity index (χ0) is 16.3. The van der Waals surface area contributed by atoms with Crippen LogP contribution in [0.4, 0.5) is 4.79 Å². The molecule has 3 N–H and O–H groups in total. The molecule has 3 unspecified atom stereocenters. The van der Waals surface area contributed by atoms with Crippen LogP contribution in [0.15, 0.2) is 18.2 Å². The van der Waals surface area contributed by atoms with E-state index in [-0.39, 0.29) is 18.6 Å². The largest absolute Gasteiger partial charge is 0.387 e. The maximum absolute atomic E-state index is 12.2.